The molecular weight excluding hydrogens is 1140 g/mol. The molecule has 6 N–H and O–H groups in total. The summed E-state index contributed by atoms with van der Waals surface area (Å²) in [5, 5.41) is 30.3. The van der Waals surface area contributed by atoms with Crippen LogP contribution >= 0.6 is 11.8 Å². The number of imide groups is 1. The maximum absolute atomic E-state index is 14.5. The number of fused-ring (bicyclic) bond motifs is 3. The SMILES string of the molecule is CO[C@@H]1OC(COCC(=O)NCCOCCOCCCC(=O)C(C)NC(=O)C(C)CC(=O)[C@@H]2CCCN2C(=O)[C@H](NC(=O)C(CSC2CC(=O)N(c3ccc(C)cc3)C2=O)NC(=O)OCC2c3ccccc3-c3ccccc32)C(C)C)[C@@H](C)[C@H](O)C1O. The second kappa shape index (κ2) is 32.5. The van der Waals surface area contributed by atoms with Gasteiger partial charge in [0, 0.05) is 69.6 Å². The Bertz CT molecular complexity index is 2850. The molecule has 474 valence electrons. The Balaban J connectivity index is 0.837. The van der Waals surface area contributed by atoms with Crippen molar-refractivity contribution in [2.45, 2.75) is 140 Å². The number of carbonyl (C=O) groups excluding carboxylic acids is 9. The number of hydrogen-bond donors (Lipinski definition) is 6. The minimum Gasteiger partial charge on any atom is -0.449 e. The van der Waals surface area contributed by atoms with Crippen LogP contribution in [-0.4, -0.2) is 194 Å². The summed E-state index contributed by atoms with van der Waals surface area (Å²) in [5.41, 5.74) is 5.41. The van der Waals surface area contributed by atoms with Gasteiger partial charge in [0.25, 0.3) is 0 Å². The molecule has 1 aliphatic carbocycles. The molecule has 7 rings (SSSR count). The van der Waals surface area contributed by atoms with E-state index in [0.717, 1.165) is 44.5 Å². The van der Waals surface area contributed by atoms with Crippen LogP contribution in [0.15, 0.2) is 72.8 Å². The first-order chi connectivity index (χ1) is 41.7. The molecular formula is C63H84N6O17S. The number of Topliss-reactive ketones (excluding diaryl/α,β-unsaturated/α-hetero) is 2. The Kier molecular flexibility index (Phi) is 25.4. The van der Waals surface area contributed by atoms with Gasteiger partial charge in [-0.05, 0) is 73.4 Å². The molecule has 0 bridgehead atoms. The number of amides is 7. The van der Waals surface area contributed by atoms with Crippen LogP contribution in [0, 0.1) is 24.7 Å². The first-order valence-corrected chi connectivity index (χ1v) is 30.9. The van der Waals surface area contributed by atoms with E-state index >= 15 is 0 Å². The number of alkyl carbamates (subject to hydrolysis) is 1. The van der Waals surface area contributed by atoms with Gasteiger partial charge in [0.2, 0.25) is 35.4 Å². The Morgan fingerprint density at radius 3 is 2.13 bits per heavy atom. The number of nitrogens with zero attached hydrogens (tertiary/aromatic N) is 2. The molecule has 3 aromatic rings. The lowest BCUT2D eigenvalue weighted by Crippen LogP contribution is -2.58. The molecule has 23 nitrogen and oxygen atoms in total. The van der Waals surface area contributed by atoms with Gasteiger partial charge in [0.05, 0.1) is 61.7 Å². The highest BCUT2D eigenvalue weighted by Gasteiger charge is 2.44. The van der Waals surface area contributed by atoms with Crippen molar-refractivity contribution in [1.29, 1.82) is 0 Å². The van der Waals surface area contributed by atoms with Gasteiger partial charge in [0.15, 0.2) is 17.9 Å². The number of carbonyl (C=O) groups is 9. The topological polar surface area (TPSA) is 304 Å². The molecule has 0 saturated carbocycles. The number of hydrogen-bond acceptors (Lipinski definition) is 18. The molecule has 0 radical (unpaired) electrons. The third-order valence-electron chi connectivity index (χ3n) is 16.2. The molecule has 3 fully saturated rings. The number of ketones is 2. The van der Waals surface area contributed by atoms with Crippen LogP contribution in [0.2, 0.25) is 0 Å². The zero-order chi connectivity index (χ0) is 62.9. The number of aryl methyl sites for hydroxylation is 1. The van der Waals surface area contributed by atoms with Gasteiger partial charge in [-0.1, -0.05) is 93.9 Å². The van der Waals surface area contributed by atoms with Crippen LogP contribution in [0.4, 0.5) is 10.5 Å². The summed E-state index contributed by atoms with van der Waals surface area (Å²) in [6.45, 7) is 11.4. The van der Waals surface area contributed by atoms with Crippen LogP contribution < -0.4 is 26.2 Å². The summed E-state index contributed by atoms with van der Waals surface area (Å²) in [4.78, 5) is 125. The highest BCUT2D eigenvalue weighted by Crippen LogP contribution is 2.44. The van der Waals surface area contributed by atoms with Gasteiger partial charge in [0.1, 0.15) is 31.4 Å². The van der Waals surface area contributed by atoms with Gasteiger partial charge in [-0.15, -0.1) is 11.8 Å². The summed E-state index contributed by atoms with van der Waals surface area (Å²) in [6.07, 6.45) is -3.75. The first kappa shape index (κ1) is 67.9. The van der Waals surface area contributed by atoms with E-state index in [1.165, 1.54) is 12.0 Å². The monoisotopic (exact) mass is 1230 g/mol. The van der Waals surface area contributed by atoms with Crippen molar-refractivity contribution in [2.75, 3.05) is 77.1 Å². The number of anilines is 1. The van der Waals surface area contributed by atoms with Crippen molar-refractivity contribution in [3.05, 3.63) is 89.5 Å². The Hall–Kier alpha value is -6.64. The molecule has 7 amide bonds. The predicted octanol–water partition coefficient (Wildman–Crippen LogP) is 3.74. The molecule has 3 saturated heterocycles. The molecule has 3 aliphatic heterocycles. The van der Waals surface area contributed by atoms with E-state index in [4.69, 9.17) is 28.4 Å². The highest BCUT2D eigenvalue weighted by atomic mass is 32.2. The second-order valence-corrected chi connectivity index (χ2v) is 24.2. The third-order valence-corrected chi connectivity index (χ3v) is 17.5. The van der Waals surface area contributed by atoms with E-state index in [1.54, 1.807) is 58.9 Å². The summed E-state index contributed by atoms with van der Waals surface area (Å²) >= 11 is 1.04. The molecule has 11 atom stereocenters. The van der Waals surface area contributed by atoms with E-state index in [1.807, 2.05) is 55.5 Å². The van der Waals surface area contributed by atoms with Gasteiger partial charge < -0.3 is 64.8 Å². The fourth-order valence-corrected chi connectivity index (χ4v) is 12.2. The lowest BCUT2D eigenvalue weighted by atomic mass is 9.91. The lowest BCUT2D eigenvalue weighted by Gasteiger charge is -2.40. The van der Waals surface area contributed by atoms with Gasteiger partial charge in [-0.3, -0.25) is 38.4 Å². The normalized spacial score (nSPS) is 22.3. The third kappa shape index (κ3) is 18.0. The summed E-state index contributed by atoms with van der Waals surface area (Å²) in [6, 6.07) is 18.5. The molecule has 0 spiro atoms. The van der Waals surface area contributed by atoms with Crippen molar-refractivity contribution in [1.82, 2.24) is 26.2 Å². The number of ether oxygens (including phenoxy) is 6. The molecule has 87 heavy (non-hydrogen) atoms. The van der Waals surface area contributed by atoms with Crippen LogP contribution in [0.3, 0.4) is 0 Å². The maximum Gasteiger partial charge on any atom is 0.407 e. The van der Waals surface area contributed by atoms with E-state index in [2.05, 4.69) is 21.3 Å². The zero-order valence-corrected chi connectivity index (χ0v) is 51.4. The largest absolute Gasteiger partial charge is 0.449 e. The molecule has 0 aromatic heterocycles. The number of benzene rings is 3. The fourth-order valence-electron chi connectivity index (χ4n) is 11.1. The number of aliphatic hydroxyl groups is 2. The van der Waals surface area contributed by atoms with Crippen LogP contribution in [-0.2, 0) is 66.8 Å². The minimum absolute atomic E-state index is 0.0174. The molecule has 4 aliphatic rings. The first-order valence-electron chi connectivity index (χ1n) is 29.9. The number of methoxy groups -OCH3 is 1. The molecule has 3 heterocycles. The van der Waals surface area contributed by atoms with Crippen molar-refractivity contribution in [3.63, 3.8) is 0 Å². The summed E-state index contributed by atoms with van der Waals surface area (Å²) < 4.78 is 33.0. The van der Waals surface area contributed by atoms with E-state index in [0.29, 0.717) is 24.9 Å². The average Bonchev–Trinajstić information content (AvgIpc) is 1.76. The lowest BCUT2D eigenvalue weighted by molar-refractivity contribution is -0.282. The predicted molar refractivity (Wildman–Crippen MR) is 321 cm³/mol. The number of rotatable bonds is 32. The quantitative estimate of drug-likeness (QED) is 0.0383. The Labute approximate surface area is 512 Å². The minimum atomic E-state index is -1.34. The number of aliphatic hydroxyl groups excluding tert-OH is 2. The number of thioether (sulfide) groups is 1. The highest BCUT2D eigenvalue weighted by molar-refractivity contribution is 8.00. The van der Waals surface area contributed by atoms with Crippen molar-refractivity contribution >= 4 is 70.6 Å². The molecule has 24 heteroatoms. The Morgan fingerprint density at radius 2 is 1.46 bits per heavy atom. The van der Waals surface area contributed by atoms with Gasteiger partial charge >= 0.3 is 6.09 Å². The van der Waals surface area contributed by atoms with Crippen molar-refractivity contribution in [3.8, 4) is 11.1 Å². The maximum atomic E-state index is 14.5. The van der Waals surface area contributed by atoms with Crippen LogP contribution in [0.1, 0.15) is 95.8 Å². The van der Waals surface area contributed by atoms with Gasteiger partial charge in [-0.25, -0.2) is 9.69 Å². The van der Waals surface area contributed by atoms with E-state index in [-0.39, 0.29) is 108 Å². The second-order valence-electron chi connectivity index (χ2n) is 23.0. The number of likely N-dealkylation sites (tertiary alicyclic amines) is 1. The van der Waals surface area contributed by atoms with Crippen molar-refractivity contribution < 1.29 is 81.8 Å². The van der Waals surface area contributed by atoms with Crippen LogP contribution in [0.5, 0.6) is 0 Å². The van der Waals surface area contributed by atoms with Gasteiger partial charge in [-0.2, -0.15) is 0 Å². The van der Waals surface area contributed by atoms with Crippen LogP contribution in [0.25, 0.3) is 11.1 Å². The Morgan fingerprint density at radius 1 is 0.793 bits per heavy atom. The van der Waals surface area contributed by atoms with E-state index < -0.39 is 107 Å². The zero-order valence-electron chi connectivity index (χ0n) is 50.6. The summed E-state index contributed by atoms with van der Waals surface area (Å²) in [7, 11) is 1.35. The van der Waals surface area contributed by atoms with E-state index in [9.17, 15) is 53.4 Å². The summed E-state index contributed by atoms with van der Waals surface area (Å²) in [5.74, 6) is -5.79. The molecule has 6 unspecified atom stereocenters. The van der Waals surface area contributed by atoms with Crippen molar-refractivity contribution in [2.24, 2.45) is 17.8 Å². The standard InChI is InChI=1S/C63H84N6O17S/c1-36(2)55(67-59(77)47(35-87-52-31-54(73)69(60(52)78)41-22-20-37(3)21-23-41)66-63(80)85-32-46-44-16-10-8-14-42(44)43-15-9-11-17-45(43)46)61(79)68-25-12-18-48(68)50(71)30-38(4)58(76)65-40(6)49(70)19-13-26-82-28-29-83-27-24-64-53(72)34-84-33-51-39(5)56(74)57(75)62(81-7)86-51/h8-11,14-17,20-23,36,38-40,46-48,51-52,55-57,62,74-75H,12-13,18-19,24-35H2,1-7H3,(H,64,72)(H,65,76)(H,66,80)(H,67,77)/t38?,39-,40?,47?,48+,51?,52?,55-,56+,57?,62-/m1/s1. The smallest absolute Gasteiger partial charge is 0.407 e. The molecule has 3 aromatic carbocycles. The average molecular weight is 1230 g/mol. The fraction of sp³-hybridized carbons (Fsp3) is 0.571. The number of nitrogens with one attached hydrogen (secondary N) is 4.